The van der Waals surface area contributed by atoms with Gasteiger partial charge < -0.3 is 10.0 Å². The number of nitrogens with zero attached hydrogens (tertiary/aromatic N) is 1. The molecule has 0 unspecified atom stereocenters. The fourth-order valence-electron chi connectivity index (χ4n) is 0.402. The van der Waals surface area contributed by atoms with Gasteiger partial charge in [0, 0.05) is 17.9 Å². The van der Waals surface area contributed by atoms with Gasteiger partial charge >= 0.3 is 7.12 Å². The second kappa shape index (κ2) is 3.50. The lowest BCUT2D eigenvalue weighted by Crippen LogP contribution is -2.28. The summed E-state index contributed by atoms with van der Waals surface area (Å²) in [6, 6.07) is 0. The van der Waals surface area contributed by atoms with Gasteiger partial charge in [0.15, 0.2) is 0 Å². The van der Waals surface area contributed by atoms with E-state index >= 15 is 0 Å². The SMILES string of the molecule is Cl.OB(O)c1cn[nH]c1. The number of hydrogen-bond acceptors (Lipinski definition) is 3. The number of nitrogens with one attached hydrogen (secondary N) is 1. The first-order valence-electron chi connectivity index (χ1n) is 2.15. The van der Waals surface area contributed by atoms with E-state index in [9.17, 15) is 0 Å². The molecule has 1 aromatic heterocycles. The van der Waals surface area contributed by atoms with Crippen LogP contribution < -0.4 is 5.46 Å². The molecule has 0 atom stereocenters. The first kappa shape index (κ1) is 8.48. The van der Waals surface area contributed by atoms with E-state index in [4.69, 9.17) is 10.0 Å². The Bertz CT molecular complexity index is 155. The Kier molecular flexibility index (Phi) is 3.30. The summed E-state index contributed by atoms with van der Waals surface area (Å²) >= 11 is 0. The predicted octanol–water partition coefficient (Wildman–Crippen LogP) is -1.49. The van der Waals surface area contributed by atoms with Crippen molar-refractivity contribution in [3.05, 3.63) is 12.4 Å². The summed E-state index contributed by atoms with van der Waals surface area (Å²) in [7, 11) is -1.41. The summed E-state index contributed by atoms with van der Waals surface area (Å²) in [6.07, 6.45) is 2.77. The number of aromatic amines is 1. The summed E-state index contributed by atoms with van der Waals surface area (Å²) in [4.78, 5) is 0. The van der Waals surface area contributed by atoms with Crippen molar-refractivity contribution in [2.75, 3.05) is 0 Å². The van der Waals surface area contributed by atoms with E-state index in [0.717, 1.165) is 0 Å². The molecule has 0 saturated carbocycles. The summed E-state index contributed by atoms with van der Waals surface area (Å²) in [6.45, 7) is 0. The van der Waals surface area contributed by atoms with Gasteiger partial charge in [-0.15, -0.1) is 12.4 Å². The van der Waals surface area contributed by atoms with Crippen LogP contribution in [0.3, 0.4) is 0 Å². The van der Waals surface area contributed by atoms with E-state index in [1.54, 1.807) is 0 Å². The molecule has 0 aromatic carbocycles. The van der Waals surface area contributed by atoms with Crippen LogP contribution in [0.15, 0.2) is 12.4 Å². The average molecular weight is 148 g/mol. The van der Waals surface area contributed by atoms with Gasteiger partial charge in [0.05, 0.1) is 0 Å². The van der Waals surface area contributed by atoms with Crippen molar-refractivity contribution in [2.24, 2.45) is 0 Å². The van der Waals surface area contributed by atoms with Crippen LogP contribution in [0.25, 0.3) is 0 Å². The molecule has 0 spiro atoms. The molecule has 4 nitrogen and oxygen atoms in total. The van der Waals surface area contributed by atoms with Crippen LogP contribution in [0.5, 0.6) is 0 Å². The highest BCUT2D eigenvalue weighted by Crippen LogP contribution is 1.71. The number of H-pyrrole nitrogens is 1. The highest BCUT2D eigenvalue weighted by atomic mass is 35.5. The maximum absolute atomic E-state index is 8.41. The van der Waals surface area contributed by atoms with Gasteiger partial charge in [0.25, 0.3) is 0 Å². The zero-order valence-electron chi connectivity index (χ0n) is 4.48. The third-order valence-electron chi connectivity index (χ3n) is 0.818. The topological polar surface area (TPSA) is 69.1 Å². The van der Waals surface area contributed by atoms with Crippen LogP contribution in [0.1, 0.15) is 0 Å². The third-order valence-corrected chi connectivity index (χ3v) is 0.818. The predicted molar refractivity (Wildman–Crippen MR) is 35.7 cm³/mol. The number of aromatic nitrogens is 2. The van der Waals surface area contributed by atoms with Crippen molar-refractivity contribution in [1.82, 2.24) is 10.2 Å². The van der Waals surface area contributed by atoms with Gasteiger partial charge in [-0.3, -0.25) is 5.10 Å². The second-order valence-electron chi connectivity index (χ2n) is 1.41. The minimum Gasteiger partial charge on any atom is -0.423 e. The van der Waals surface area contributed by atoms with Crippen LogP contribution in [-0.2, 0) is 0 Å². The molecule has 6 heteroatoms. The van der Waals surface area contributed by atoms with Gasteiger partial charge in [0.2, 0.25) is 0 Å². The molecular formula is C3H6BClN2O2. The number of halogens is 1. The van der Waals surface area contributed by atoms with E-state index in [0.29, 0.717) is 5.46 Å². The fourth-order valence-corrected chi connectivity index (χ4v) is 0.402. The smallest absolute Gasteiger partial charge is 0.423 e. The first-order valence-corrected chi connectivity index (χ1v) is 2.15. The van der Waals surface area contributed by atoms with Gasteiger partial charge in [-0.2, -0.15) is 5.10 Å². The van der Waals surface area contributed by atoms with Gasteiger partial charge in [-0.05, 0) is 0 Å². The number of rotatable bonds is 1. The molecule has 0 aliphatic rings. The standard InChI is InChI=1S/C3H5BN2O2.ClH/c7-4(8)3-1-5-6-2-3;/h1-2,7-8H,(H,5,6);1H. The zero-order chi connectivity index (χ0) is 5.98. The van der Waals surface area contributed by atoms with Crippen molar-refractivity contribution >= 4 is 25.0 Å². The van der Waals surface area contributed by atoms with Crippen molar-refractivity contribution in [3.8, 4) is 0 Å². The van der Waals surface area contributed by atoms with E-state index in [-0.39, 0.29) is 12.4 Å². The molecule has 0 bridgehead atoms. The minimum atomic E-state index is -1.41. The van der Waals surface area contributed by atoms with E-state index in [1.165, 1.54) is 12.4 Å². The molecule has 50 valence electrons. The molecule has 3 N–H and O–H groups in total. The molecule has 0 aliphatic heterocycles. The van der Waals surface area contributed by atoms with Crippen molar-refractivity contribution < 1.29 is 10.0 Å². The lowest BCUT2D eigenvalue weighted by molar-refractivity contribution is 0.426. The molecule has 1 aromatic rings. The van der Waals surface area contributed by atoms with Crippen molar-refractivity contribution in [3.63, 3.8) is 0 Å². The van der Waals surface area contributed by atoms with Crippen LogP contribution in [0, 0.1) is 0 Å². The molecule has 0 saturated heterocycles. The van der Waals surface area contributed by atoms with Gasteiger partial charge in [-0.1, -0.05) is 0 Å². The zero-order valence-corrected chi connectivity index (χ0v) is 5.30. The maximum atomic E-state index is 8.41. The Morgan fingerprint density at radius 2 is 2.22 bits per heavy atom. The lowest BCUT2D eigenvalue weighted by atomic mass is 9.83. The van der Waals surface area contributed by atoms with Crippen LogP contribution in [0.4, 0.5) is 0 Å². The average Bonchev–Trinajstić information content (AvgIpc) is 2.12. The Balaban J connectivity index is 0.000000640. The Morgan fingerprint density at radius 1 is 1.56 bits per heavy atom. The summed E-state index contributed by atoms with van der Waals surface area (Å²) in [5, 5.41) is 22.8. The molecule has 1 rings (SSSR count). The van der Waals surface area contributed by atoms with Crippen LogP contribution in [0.2, 0.25) is 0 Å². The summed E-state index contributed by atoms with van der Waals surface area (Å²) in [5.41, 5.74) is 0.380. The Morgan fingerprint density at radius 3 is 2.44 bits per heavy atom. The van der Waals surface area contributed by atoms with E-state index < -0.39 is 7.12 Å². The molecule has 0 radical (unpaired) electrons. The van der Waals surface area contributed by atoms with Crippen molar-refractivity contribution in [1.29, 1.82) is 0 Å². The lowest BCUT2D eigenvalue weighted by Gasteiger charge is -1.85. The molecule has 9 heavy (non-hydrogen) atoms. The largest absolute Gasteiger partial charge is 0.491 e. The quantitative estimate of drug-likeness (QED) is 0.425. The minimum absolute atomic E-state index is 0. The van der Waals surface area contributed by atoms with E-state index in [2.05, 4.69) is 10.2 Å². The fraction of sp³-hybridized carbons (Fsp3) is 0. The van der Waals surface area contributed by atoms with Gasteiger partial charge in [-0.25, -0.2) is 0 Å². The maximum Gasteiger partial charge on any atom is 0.491 e. The van der Waals surface area contributed by atoms with E-state index in [1.807, 2.05) is 0 Å². The molecule has 1 heterocycles. The molecular weight excluding hydrogens is 142 g/mol. The van der Waals surface area contributed by atoms with Crippen LogP contribution >= 0.6 is 12.4 Å². The monoisotopic (exact) mass is 148 g/mol. The normalized spacial score (nSPS) is 8.22. The highest BCUT2D eigenvalue weighted by molar-refractivity contribution is 6.58. The highest BCUT2D eigenvalue weighted by Gasteiger charge is 2.09. The molecule has 0 fully saturated rings. The summed E-state index contributed by atoms with van der Waals surface area (Å²) in [5.74, 6) is 0. The molecule has 0 amide bonds. The third kappa shape index (κ3) is 2.05. The Labute approximate surface area is 58.5 Å². The second-order valence-corrected chi connectivity index (χ2v) is 1.41. The first-order chi connectivity index (χ1) is 3.80. The molecule has 0 aliphatic carbocycles. The van der Waals surface area contributed by atoms with Crippen LogP contribution in [-0.4, -0.2) is 27.4 Å². The van der Waals surface area contributed by atoms with Gasteiger partial charge in [0.1, 0.15) is 0 Å². The van der Waals surface area contributed by atoms with Crippen molar-refractivity contribution in [2.45, 2.75) is 0 Å². The number of hydrogen-bond donors (Lipinski definition) is 3. The summed E-state index contributed by atoms with van der Waals surface area (Å²) < 4.78 is 0. The Hall–Kier alpha value is -0.515.